The summed E-state index contributed by atoms with van der Waals surface area (Å²) in [5, 5.41) is 9.16. The van der Waals surface area contributed by atoms with Gasteiger partial charge in [-0.25, -0.2) is 4.40 Å². The van der Waals surface area contributed by atoms with E-state index in [4.69, 9.17) is 16.3 Å². The highest BCUT2D eigenvalue weighted by atomic mass is 35.5. The molecule has 0 atom stereocenters. The van der Waals surface area contributed by atoms with E-state index in [1.165, 1.54) is 0 Å². The van der Waals surface area contributed by atoms with E-state index in [9.17, 15) is 0 Å². The molecule has 0 aliphatic carbocycles. The maximum atomic E-state index is 6.19. The van der Waals surface area contributed by atoms with Crippen LogP contribution >= 0.6 is 11.6 Å². The van der Waals surface area contributed by atoms with Crippen LogP contribution in [0.5, 0.6) is 5.88 Å². The van der Waals surface area contributed by atoms with E-state index in [1.807, 2.05) is 40.8 Å². The molecule has 0 aliphatic rings. The summed E-state index contributed by atoms with van der Waals surface area (Å²) in [5.74, 6) is 1.27. The molecular weight excluding hydrogens is 338 g/mol. The number of fused-ring (bicyclic) bond motifs is 1. The Morgan fingerprint density at radius 2 is 1.80 bits per heavy atom. The number of ether oxygens (including phenoxy) is 1. The molecule has 0 saturated heterocycles. The predicted octanol–water partition coefficient (Wildman–Crippen LogP) is 3.46. The van der Waals surface area contributed by atoms with Crippen LogP contribution in [0.1, 0.15) is 5.56 Å². The van der Waals surface area contributed by atoms with Crippen molar-refractivity contribution in [3.05, 3.63) is 71.8 Å². The summed E-state index contributed by atoms with van der Waals surface area (Å²) in [6, 6.07) is 11.5. The zero-order valence-electron chi connectivity index (χ0n) is 13.2. The van der Waals surface area contributed by atoms with Gasteiger partial charge >= 0.3 is 0 Å². The van der Waals surface area contributed by atoms with Crippen LogP contribution in [0, 0.1) is 0 Å². The van der Waals surface area contributed by atoms with Gasteiger partial charge in [0.15, 0.2) is 11.5 Å². The smallest absolute Gasteiger partial charge is 0.220 e. The summed E-state index contributed by atoms with van der Waals surface area (Å²) in [4.78, 5) is 8.21. The molecule has 0 aliphatic heterocycles. The van der Waals surface area contributed by atoms with Gasteiger partial charge in [0.05, 0.1) is 19.0 Å². The average Bonchev–Trinajstić information content (AvgIpc) is 3.09. The molecule has 0 amide bonds. The second kappa shape index (κ2) is 6.86. The Bertz CT molecular complexity index is 1000. The van der Waals surface area contributed by atoms with Gasteiger partial charge in [0.25, 0.3) is 0 Å². The molecule has 7 heteroatoms. The number of rotatable bonds is 5. The summed E-state index contributed by atoms with van der Waals surface area (Å²) in [7, 11) is 0. The van der Waals surface area contributed by atoms with Gasteiger partial charge in [0, 0.05) is 29.4 Å². The van der Waals surface area contributed by atoms with Crippen molar-refractivity contribution >= 4 is 17.2 Å². The highest BCUT2D eigenvalue weighted by molar-refractivity contribution is 6.31. The fourth-order valence-corrected chi connectivity index (χ4v) is 2.81. The number of hydrogen-bond acceptors (Lipinski definition) is 5. The SMILES string of the molecule is Clc1ccccc1CCOc1cncc2nnc(-c3ccncc3)n12. The van der Waals surface area contributed by atoms with E-state index in [0.717, 1.165) is 16.1 Å². The summed E-state index contributed by atoms with van der Waals surface area (Å²) < 4.78 is 7.79. The lowest BCUT2D eigenvalue weighted by Crippen LogP contribution is -2.06. The maximum absolute atomic E-state index is 6.19. The minimum absolute atomic E-state index is 0.471. The molecule has 0 N–H and O–H groups in total. The van der Waals surface area contributed by atoms with Gasteiger partial charge < -0.3 is 4.74 Å². The molecule has 3 heterocycles. The third-order valence-corrected chi connectivity index (χ3v) is 4.17. The Labute approximate surface area is 149 Å². The predicted molar refractivity (Wildman–Crippen MR) is 94.7 cm³/mol. The van der Waals surface area contributed by atoms with Crippen LogP contribution in [0.3, 0.4) is 0 Å². The highest BCUT2D eigenvalue weighted by Crippen LogP contribution is 2.23. The van der Waals surface area contributed by atoms with Crippen molar-refractivity contribution < 1.29 is 4.74 Å². The lowest BCUT2D eigenvalue weighted by Gasteiger charge is -2.10. The summed E-state index contributed by atoms with van der Waals surface area (Å²) in [5.41, 5.74) is 2.58. The van der Waals surface area contributed by atoms with Crippen molar-refractivity contribution in [1.29, 1.82) is 0 Å². The van der Waals surface area contributed by atoms with Gasteiger partial charge in [-0.05, 0) is 23.8 Å². The van der Waals surface area contributed by atoms with Gasteiger partial charge in [0.1, 0.15) is 0 Å². The summed E-state index contributed by atoms with van der Waals surface area (Å²) in [6.45, 7) is 0.471. The molecule has 0 fully saturated rings. The third-order valence-electron chi connectivity index (χ3n) is 3.80. The van der Waals surface area contributed by atoms with E-state index in [1.54, 1.807) is 24.8 Å². The van der Waals surface area contributed by atoms with Gasteiger partial charge in [0.2, 0.25) is 5.88 Å². The Morgan fingerprint density at radius 3 is 2.64 bits per heavy atom. The molecule has 4 aromatic rings. The third kappa shape index (κ3) is 3.16. The summed E-state index contributed by atoms with van der Waals surface area (Å²) in [6.07, 6.45) is 7.44. The second-order valence-electron chi connectivity index (χ2n) is 5.39. The van der Waals surface area contributed by atoms with Crippen LogP contribution in [-0.2, 0) is 6.42 Å². The number of nitrogens with zero attached hydrogens (tertiary/aromatic N) is 5. The van der Waals surface area contributed by atoms with Crippen LogP contribution in [0.2, 0.25) is 5.02 Å². The zero-order chi connectivity index (χ0) is 17.1. The number of aromatic nitrogens is 5. The van der Waals surface area contributed by atoms with E-state index in [0.29, 0.717) is 30.4 Å². The zero-order valence-corrected chi connectivity index (χ0v) is 14.0. The van der Waals surface area contributed by atoms with E-state index in [-0.39, 0.29) is 0 Å². The molecule has 4 rings (SSSR count). The van der Waals surface area contributed by atoms with Crippen LogP contribution in [-0.4, -0.2) is 31.2 Å². The first-order valence-corrected chi connectivity index (χ1v) is 8.16. The van der Waals surface area contributed by atoms with E-state index in [2.05, 4.69) is 20.2 Å². The van der Waals surface area contributed by atoms with Crippen LogP contribution < -0.4 is 4.74 Å². The minimum atomic E-state index is 0.471. The number of halogens is 1. The number of benzene rings is 1. The Kier molecular flexibility index (Phi) is 4.26. The quantitative estimate of drug-likeness (QED) is 0.551. The molecule has 0 spiro atoms. The van der Waals surface area contributed by atoms with Crippen molar-refractivity contribution in [3.63, 3.8) is 0 Å². The molecule has 3 aromatic heterocycles. The van der Waals surface area contributed by atoms with E-state index >= 15 is 0 Å². The lowest BCUT2D eigenvalue weighted by molar-refractivity contribution is 0.304. The van der Waals surface area contributed by atoms with Crippen molar-refractivity contribution in [2.45, 2.75) is 6.42 Å². The average molecular weight is 352 g/mol. The number of hydrogen-bond donors (Lipinski definition) is 0. The molecule has 0 saturated carbocycles. The standard InChI is InChI=1S/C18H14ClN5O/c19-15-4-2-1-3-13(15)7-10-25-17-12-21-11-16-22-23-18(24(16)17)14-5-8-20-9-6-14/h1-6,8-9,11-12H,7,10H2. The van der Waals surface area contributed by atoms with Gasteiger partial charge in [-0.15, -0.1) is 10.2 Å². The topological polar surface area (TPSA) is 65.2 Å². The molecule has 0 bridgehead atoms. The maximum Gasteiger partial charge on any atom is 0.220 e. The second-order valence-corrected chi connectivity index (χ2v) is 5.80. The minimum Gasteiger partial charge on any atom is -0.477 e. The molecule has 124 valence electrons. The summed E-state index contributed by atoms with van der Waals surface area (Å²) >= 11 is 6.19. The Morgan fingerprint density at radius 1 is 0.960 bits per heavy atom. The van der Waals surface area contributed by atoms with Crippen LogP contribution in [0.4, 0.5) is 0 Å². The molecule has 1 aromatic carbocycles. The first-order chi connectivity index (χ1) is 12.3. The van der Waals surface area contributed by atoms with Gasteiger partial charge in [-0.2, -0.15) is 0 Å². The van der Waals surface area contributed by atoms with Gasteiger partial charge in [-0.3, -0.25) is 9.97 Å². The van der Waals surface area contributed by atoms with Crippen molar-refractivity contribution in [2.24, 2.45) is 0 Å². The number of pyridine rings is 1. The molecule has 0 radical (unpaired) electrons. The highest BCUT2D eigenvalue weighted by Gasteiger charge is 2.13. The molecule has 0 unspecified atom stereocenters. The van der Waals surface area contributed by atoms with Crippen molar-refractivity contribution in [3.8, 4) is 17.3 Å². The van der Waals surface area contributed by atoms with Crippen molar-refractivity contribution in [1.82, 2.24) is 24.6 Å². The monoisotopic (exact) mass is 351 g/mol. The fourth-order valence-electron chi connectivity index (χ4n) is 2.58. The van der Waals surface area contributed by atoms with Crippen molar-refractivity contribution in [2.75, 3.05) is 6.61 Å². The Hall–Kier alpha value is -2.99. The molecule has 25 heavy (non-hydrogen) atoms. The Balaban J connectivity index is 1.62. The molecule has 6 nitrogen and oxygen atoms in total. The largest absolute Gasteiger partial charge is 0.477 e. The first kappa shape index (κ1) is 15.5. The fraction of sp³-hybridized carbons (Fsp3) is 0.111. The normalized spacial score (nSPS) is 10.9. The van der Waals surface area contributed by atoms with Gasteiger partial charge in [-0.1, -0.05) is 29.8 Å². The van der Waals surface area contributed by atoms with Crippen LogP contribution in [0.15, 0.2) is 61.2 Å². The first-order valence-electron chi connectivity index (χ1n) is 7.78. The van der Waals surface area contributed by atoms with Crippen LogP contribution in [0.25, 0.3) is 17.0 Å². The lowest BCUT2D eigenvalue weighted by atomic mass is 10.2. The molecular formula is C18H14ClN5O. The van der Waals surface area contributed by atoms with E-state index < -0.39 is 0 Å².